The Morgan fingerprint density at radius 3 is 2.31 bits per heavy atom. The van der Waals surface area contributed by atoms with E-state index in [1.165, 1.54) is 5.56 Å². The normalized spacial score (nSPS) is 14.7. The van der Waals surface area contributed by atoms with Gasteiger partial charge in [0.2, 0.25) is 0 Å². The smallest absolute Gasteiger partial charge is 0.408 e. The third-order valence-corrected chi connectivity index (χ3v) is 5.47. The van der Waals surface area contributed by atoms with Gasteiger partial charge in [0.25, 0.3) is 5.91 Å². The molecule has 1 saturated carbocycles. The summed E-state index contributed by atoms with van der Waals surface area (Å²) < 4.78 is 5.43. The van der Waals surface area contributed by atoms with Crippen LogP contribution in [-0.4, -0.2) is 23.6 Å². The van der Waals surface area contributed by atoms with Crippen molar-refractivity contribution in [2.24, 2.45) is 5.92 Å². The summed E-state index contributed by atoms with van der Waals surface area (Å²) in [5.41, 5.74) is 1.56. The third kappa shape index (κ3) is 7.13. The number of amides is 2. The summed E-state index contributed by atoms with van der Waals surface area (Å²) in [4.78, 5) is 25.9. The average Bonchev–Trinajstić information content (AvgIpc) is 3.50. The number of hydrogen-bond acceptors (Lipinski definition) is 4. The van der Waals surface area contributed by atoms with Crippen molar-refractivity contribution in [1.29, 1.82) is 0 Å². The second-order valence-corrected chi connectivity index (χ2v) is 9.37. The van der Waals surface area contributed by atoms with Gasteiger partial charge in [-0.3, -0.25) is 4.79 Å². The molecule has 0 spiro atoms. The number of benzene rings is 2. The summed E-state index contributed by atoms with van der Waals surface area (Å²) in [5, 5.41) is 5.62. The molecule has 5 nitrogen and oxygen atoms in total. The molecule has 1 aliphatic carbocycles. The van der Waals surface area contributed by atoms with Gasteiger partial charge in [-0.15, -0.1) is 11.8 Å². The Morgan fingerprint density at radius 2 is 1.72 bits per heavy atom. The Kier molecular flexibility index (Phi) is 6.85. The van der Waals surface area contributed by atoms with E-state index in [1.54, 1.807) is 11.8 Å². The number of carbonyl (C=O) groups excluding carboxylic acids is 2. The first-order valence-electron chi connectivity index (χ1n) is 9.86. The van der Waals surface area contributed by atoms with Crippen LogP contribution in [0.4, 0.5) is 10.5 Å². The minimum absolute atomic E-state index is 0.0985. The van der Waals surface area contributed by atoms with Crippen LogP contribution in [0.1, 0.15) is 39.2 Å². The third-order valence-electron chi connectivity index (χ3n) is 4.39. The SMILES string of the molecule is CC(C)(C)NC(=O)O[C@H](C(=O)Nc1ccc(SCc2ccccc2)cc1)C1CC1. The van der Waals surface area contributed by atoms with Gasteiger partial charge in [-0.25, -0.2) is 4.79 Å². The van der Waals surface area contributed by atoms with Crippen LogP contribution in [0.25, 0.3) is 0 Å². The topological polar surface area (TPSA) is 67.4 Å². The molecule has 1 fully saturated rings. The number of thioether (sulfide) groups is 1. The Labute approximate surface area is 176 Å². The van der Waals surface area contributed by atoms with Crippen molar-refractivity contribution in [3.8, 4) is 0 Å². The minimum Gasteiger partial charge on any atom is -0.436 e. The van der Waals surface area contributed by atoms with Gasteiger partial charge < -0.3 is 15.4 Å². The molecule has 2 amide bonds. The van der Waals surface area contributed by atoms with Gasteiger partial charge in [-0.1, -0.05) is 30.3 Å². The van der Waals surface area contributed by atoms with Crippen molar-refractivity contribution in [2.45, 2.75) is 55.9 Å². The maximum atomic E-state index is 12.7. The number of nitrogens with one attached hydrogen (secondary N) is 2. The lowest BCUT2D eigenvalue weighted by Crippen LogP contribution is -2.44. The van der Waals surface area contributed by atoms with Gasteiger partial charge in [0.05, 0.1) is 0 Å². The fraction of sp³-hybridized carbons (Fsp3) is 0.391. The van der Waals surface area contributed by atoms with Gasteiger partial charge in [-0.05, 0) is 63.4 Å². The van der Waals surface area contributed by atoms with Crippen LogP contribution in [0.5, 0.6) is 0 Å². The van der Waals surface area contributed by atoms with Crippen molar-refractivity contribution in [2.75, 3.05) is 5.32 Å². The first-order chi connectivity index (χ1) is 13.8. The van der Waals surface area contributed by atoms with Crippen molar-refractivity contribution in [3.63, 3.8) is 0 Å². The molecule has 0 bridgehead atoms. The Hall–Kier alpha value is -2.47. The lowest BCUT2D eigenvalue weighted by Gasteiger charge is -2.23. The molecule has 0 saturated heterocycles. The molecule has 6 heteroatoms. The first-order valence-corrected chi connectivity index (χ1v) is 10.9. The van der Waals surface area contributed by atoms with Gasteiger partial charge in [0, 0.05) is 27.8 Å². The van der Waals surface area contributed by atoms with Crippen molar-refractivity contribution < 1.29 is 14.3 Å². The molecule has 0 aromatic heterocycles. The summed E-state index contributed by atoms with van der Waals surface area (Å²) in [5.74, 6) is 0.718. The molecule has 0 aliphatic heterocycles. The molecule has 0 radical (unpaired) electrons. The van der Waals surface area contributed by atoms with Crippen LogP contribution in [0, 0.1) is 5.92 Å². The highest BCUT2D eigenvalue weighted by Gasteiger charge is 2.39. The standard InChI is InChI=1S/C23H28N2O3S/c1-23(2,3)25-22(27)28-20(17-9-10-17)21(26)24-18-11-13-19(14-12-18)29-15-16-7-5-4-6-8-16/h4-8,11-14,17,20H,9-10,15H2,1-3H3,(H,24,26)(H,25,27)/t20-/m0/s1. The number of alkyl carbamates (subject to hydrolysis) is 1. The Bertz CT molecular complexity index is 827. The van der Waals surface area contributed by atoms with E-state index in [0.29, 0.717) is 5.69 Å². The maximum absolute atomic E-state index is 12.7. The molecular weight excluding hydrogens is 384 g/mol. The van der Waals surface area contributed by atoms with E-state index >= 15 is 0 Å². The summed E-state index contributed by atoms with van der Waals surface area (Å²) >= 11 is 1.75. The second-order valence-electron chi connectivity index (χ2n) is 8.33. The molecule has 2 N–H and O–H groups in total. The molecule has 29 heavy (non-hydrogen) atoms. The quantitative estimate of drug-likeness (QED) is 0.612. The lowest BCUT2D eigenvalue weighted by molar-refractivity contribution is -0.125. The van der Waals surface area contributed by atoms with Crippen LogP contribution in [0.15, 0.2) is 59.5 Å². The summed E-state index contributed by atoms with van der Waals surface area (Å²) in [6.45, 7) is 5.62. The van der Waals surface area contributed by atoms with E-state index in [4.69, 9.17) is 4.74 Å². The predicted octanol–water partition coefficient (Wildman–Crippen LogP) is 5.22. The van der Waals surface area contributed by atoms with Crippen LogP contribution in [-0.2, 0) is 15.3 Å². The predicted molar refractivity (Wildman–Crippen MR) is 117 cm³/mol. The highest BCUT2D eigenvalue weighted by Crippen LogP contribution is 2.35. The molecule has 2 aromatic carbocycles. The average molecular weight is 413 g/mol. The van der Waals surface area contributed by atoms with Gasteiger partial charge in [0.15, 0.2) is 6.10 Å². The fourth-order valence-electron chi connectivity index (χ4n) is 2.80. The van der Waals surface area contributed by atoms with E-state index in [2.05, 4.69) is 22.8 Å². The highest BCUT2D eigenvalue weighted by molar-refractivity contribution is 7.98. The number of rotatable bonds is 7. The largest absolute Gasteiger partial charge is 0.436 e. The van der Waals surface area contributed by atoms with Crippen molar-refractivity contribution in [3.05, 3.63) is 60.2 Å². The maximum Gasteiger partial charge on any atom is 0.408 e. The minimum atomic E-state index is -0.760. The number of carbonyl (C=O) groups is 2. The van der Waals surface area contributed by atoms with Gasteiger partial charge >= 0.3 is 6.09 Å². The van der Waals surface area contributed by atoms with Crippen molar-refractivity contribution in [1.82, 2.24) is 5.32 Å². The summed E-state index contributed by atoms with van der Waals surface area (Å²) in [7, 11) is 0. The molecular formula is C23H28N2O3S. The van der Waals surface area contributed by atoms with E-state index < -0.39 is 17.7 Å². The summed E-state index contributed by atoms with van der Waals surface area (Å²) in [6.07, 6.45) is 0.480. The molecule has 154 valence electrons. The highest BCUT2D eigenvalue weighted by atomic mass is 32.2. The number of anilines is 1. The van der Waals surface area contributed by atoms with E-state index in [0.717, 1.165) is 23.5 Å². The van der Waals surface area contributed by atoms with E-state index in [9.17, 15) is 9.59 Å². The zero-order chi connectivity index (χ0) is 20.9. The first kappa shape index (κ1) is 21.2. The molecule has 2 aromatic rings. The molecule has 3 rings (SSSR count). The van der Waals surface area contributed by atoms with E-state index in [1.807, 2.05) is 63.2 Å². The van der Waals surface area contributed by atoms with Gasteiger partial charge in [0.1, 0.15) is 0 Å². The second kappa shape index (κ2) is 9.35. The van der Waals surface area contributed by atoms with Crippen molar-refractivity contribution >= 4 is 29.4 Å². The Balaban J connectivity index is 1.53. The molecule has 1 atom stereocenters. The van der Waals surface area contributed by atoms with Crippen LogP contribution < -0.4 is 10.6 Å². The van der Waals surface area contributed by atoms with Crippen LogP contribution in [0.2, 0.25) is 0 Å². The molecule has 1 aliphatic rings. The fourth-order valence-corrected chi connectivity index (χ4v) is 3.66. The lowest BCUT2D eigenvalue weighted by atomic mass is 10.1. The van der Waals surface area contributed by atoms with Crippen LogP contribution in [0.3, 0.4) is 0 Å². The molecule has 0 unspecified atom stereocenters. The zero-order valence-corrected chi connectivity index (χ0v) is 17.9. The number of hydrogen-bond donors (Lipinski definition) is 2. The zero-order valence-electron chi connectivity index (χ0n) is 17.1. The monoisotopic (exact) mass is 412 g/mol. The van der Waals surface area contributed by atoms with Gasteiger partial charge in [-0.2, -0.15) is 0 Å². The van der Waals surface area contributed by atoms with Crippen LogP contribution >= 0.6 is 11.8 Å². The molecule has 0 heterocycles. The number of ether oxygens (including phenoxy) is 1. The Morgan fingerprint density at radius 1 is 1.07 bits per heavy atom. The summed E-state index contributed by atoms with van der Waals surface area (Å²) in [6, 6.07) is 18.0. The van der Waals surface area contributed by atoms with E-state index in [-0.39, 0.29) is 11.8 Å².